The molecule has 0 radical (unpaired) electrons. The van der Waals surface area contributed by atoms with Crippen molar-refractivity contribution in [1.82, 2.24) is 10.6 Å². The van der Waals surface area contributed by atoms with Crippen LogP contribution in [-0.2, 0) is 11.2 Å². The lowest BCUT2D eigenvalue weighted by Gasteiger charge is -2.05. The van der Waals surface area contributed by atoms with Crippen molar-refractivity contribution in [3.05, 3.63) is 36.1 Å². The minimum Gasteiger partial charge on any atom is -0.481 e. The summed E-state index contributed by atoms with van der Waals surface area (Å²) < 4.78 is 5.61. The van der Waals surface area contributed by atoms with Gasteiger partial charge in [-0.15, -0.1) is 0 Å². The van der Waals surface area contributed by atoms with Gasteiger partial charge in [-0.3, -0.25) is 4.79 Å². The van der Waals surface area contributed by atoms with E-state index < -0.39 is 5.97 Å². The van der Waals surface area contributed by atoms with Gasteiger partial charge >= 0.3 is 12.0 Å². The maximum Gasteiger partial charge on any atom is 0.314 e. The lowest BCUT2D eigenvalue weighted by Crippen LogP contribution is -2.37. The van der Waals surface area contributed by atoms with Gasteiger partial charge in [0.25, 0.3) is 0 Å². The number of para-hydroxylation sites is 1. The Hall–Kier alpha value is -2.50. The van der Waals surface area contributed by atoms with Crippen LogP contribution in [-0.4, -0.2) is 30.2 Å². The van der Waals surface area contributed by atoms with E-state index in [1.54, 1.807) is 0 Å². The maximum absolute atomic E-state index is 11.3. The molecule has 0 unspecified atom stereocenters. The summed E-state index contributed by atoms with van der Waals surface area (Å²) in [6.45, 7) is 0.546. The molecule has 2 aromatic rings. The van der Waals surface area contributed by atoms with Gasteiger partial charge in [0.1, 0.15) is 11.3 Å². The van der Waals surface area contributed by atoms with Crippen molar-refractivity contribution in [3.8, 4) is 0 Å². The fraction of sp³-hybridized carbons (Fsp3) is 0.286. The highest BCUT2D eigenvalue weighted by molar-refractivity contribution is 5.77. The first kappa shape index (κ1) is 13.9. The van der Waals surface area contributed by atoms with E-state index in [0.29, 0.717) is 13.0 Å². The average molecular weight is 276 g/mol. The maximum atomic E-state index is 11.3. The molecule has 6 nitrogen and oxygen atoms in total. The number of hydrogen-bond acceptors (Lipinski definition) is 3. The second kappa shape index (κ2) is 6.60. The first-order valence-corrected chi connectivity index (χ1v) is 6.36. The van der Waals surface area contributed by atoms with Gasteiger partial charge in [-0.2, -0.15) is 0 Å². The van der Waals surface area contributed by atoms with Crippen molar-refractivity contribution in [2.75, 3.05) is 13.1 Å². The van der Waals surface area contributed by atoms with Crippen LogP contribution >= 0.6 is 0 Å². The number of amides is 2. The van der Waals surface area contributed by atoms with E-state index in [2.05, 4.69) is 10.6 Å². The third-order valence-electron chi connectivity index (χ3n) is 2.76. The van der Waals surface area contributed by atoms with Crippen molar-refractivity contribution in [1.29, 1.82) is 0 Å². The lowest BCUT2D eigenvalue weighted by atomic mass is 10.2. The summed E-state index contributed by atoms with van der Waals surface area (Å²) in [4.78, 5) is 21.6. The molecule has 3 N–H and O–H groups in total. The summed E-state index contributed by atoms with van der Waals surface area (Å²) in [6, 6.07) is 9.28. The minimum atomic E-state index is -0.937. The molecule has 0 fully saturated rings. The number of fused-ring (bicyclic) bond motifs is 1. The van der Waals surface area contributed by atoms with E-state index >= 15 is 0 Å². The number of benzene rings is 1. The summed E-state index contributed by atoms with van der Waals surface area (Å²) in [6.07, 6.45) is 0.498. The van der Waals surface area contributed by atoms with Crippen LogP contribution in [0.25, 0.3) is 11.0 Å². The topological polar surface area (TPSA) is 91.6 Å². The Morgan fingerprint density at radius 2 is 1.90 bits per heavy atom. The Morgan fingerprint density at radius 1 is 1.15 bits per heavy atom. The molecule has 2 rings (SSSR count). The number of carboxylic acids is 1. The number of rotatable bonds is 6. The van der Waals surface area contributed by atoms with Gasteiger partial charge < -0.3 is 20.2 Å². The second-order valence-corrected chi connectivity index (χ2v) is 4.33. The summed E-state index contributed by atoms with van der Waals surface area (Å²) in [5.41, 5.74) is 0.827. The fourth-order valence-electron chi connectivity index (χ4n) is 1.80. The van der Waals surface area contributed by atoms with E-state index in [4.69, 9.17) is 9.52 Å². The fourth-order valence-corrected chi connectivity index (χ4v) is 1.80. The van der Waals surface area contributed by atoms with Gasteiger partial charge in [-0.25, -0.2) is 4.79 Å². The summed E-state index contributed by atoms with van der Waals surface area (Å²) in [7, 11) is 0. The molecule has 1 heterocycles. The summed E-state index contributed by atoms with van der Waals surface area (Å²) in [5, 5.41) is 14.6. The number of aliphatic carboxylic acids is 1. The Kier molecular flexibility index (Phi) is 4.60. The molecule has 1 aromatic carbocycles. The molecule has 2 amide bonds. The minimum absolute atomic E-state index is 0.0863. The molecular weight excluding hydrogens is 260 g/mol. The highest BCUT2D eigenvalue weighted by Gasteiger charge is 2.05. The monoisotopic (exact) mass is 276 g/mol. The SMILES string of the molecule is O=C(O)CCNC(=O)NCCc1cc2ccccc2o1. The molecule has 0 aliphatic carbocycles. The molecule has 0 aliphatic rings. The standard InChI is InChI=1S/C14H16N2O4/c17-13(18)6-8-16-14(19)15-7-5-11-9-10-3-1-2-4-12(10)20-11/h1-4,9H,5-8H2,(H,17,18)(H2,15,16,19). The highest BCUT2D eigenvalue weighted by atomic mass is 16.4. The van der Waals surface area contributed by atoms with Crippen LogP contribution in [0.3, 0.4) is 0 Å². The molecule has 0 spiro atoms. The third-order valence-corrected chi connectivity index (χ3v) is 2.76. The van der Waals surface area contributed by atoms with Crippen LogP contribution in [0.1, 0.15) is 12.2 Å². The predicted molar refractivity (Wildman–Crippen MR) is 73.6 cm³/mol. The number of carbonyl (C=O) groups excluding carboxylic acids is 1. The van der Waals surface area contributed by atoms with Crippen molar-refractivity contribution >= 4 is 23.0 Å². The van der Waals surface area contributed by atoms with Crippen LogP contribution in [0, 0.1) is 0 Å². The molecule has 20 heavy (non-hydrogen) atoms. The number of hydrogen-bond donors (Lipinski definition) is 3. The third kappa shape index (κ3) is 4.01. The van der Waals surface area contributed by atoms with E-state index in [0.717, 1.165) is 16.7 Å². The molecule has 0 atom stereocenters. The Morgan fingerprint density at radius 3 is 2.65 bits per heavy atom. The smallest absolute Gasteiger partial charge is 0.314 e. The van der Waals surface area contributed by atoms with Crippen LogP contribution < -0.4 is 10.6 Å². The summed E-state index contributed by atoms with van der Waals surface area (Å²) >= 11 is 0. The number of urea groups is 1. The van der Waals surface area contributed by atoms with Crippen molar-refractivity contribution < 1.29 is 19.1 Å². The largest absolute Gasteiger partial charge is 0.481 e. The molecule has 6 heteroatoms. The number of nitrogens with one attached hydrogen (secondary N) is 2. The molecule has 0 saturated carbocycles. The van der Waals surface area contributed by atoms with E-state index in [1.807, 2.05) is 30.3 Å². The zero-order valence-electron chi connectivity index (χ0n) is 10.9. The van der Waals surface area contributed by atoms with Crippen molar-refractivity contribution in [3.63, 3.8) is 0 Å². The number of carbonyl (C=O) groups is 2. The average Bonchev–Trinajstić information content (AvgIpc) is 2.80. The van der Waals surface area contributed by atoms with Gasteiger partial charge in [0.15, 0.2) is 0 Å². The number of carboxylic acid groups (broad SMARTS) is 1. The highest BCUT2D eigenvalue weighted by Crippen LogP contribution is 2.18. The number of furan rings is 1. The Bertz CT molecular complexity index is 573. The van der Waals surface area contributed by atoms with Crippen LogP contribution in [0.5, 0.6) is 0 Å². The molecule has 0 saturated heterocycles. The molecular formula is C14H16N2O4. The molecule has 0 aliphatic heterocycles. The first-order valence-electron chi connectivity index (χ1n) is 6.36. The first-order chi connectivity index (χ1) is 9.65. The molecule has 106 valence electrons. The van der Waals surface area contributed by atoms with Crippen LogP contribution in [0.4, 0.5) is 4.79 Å². The molecule has 1 aromatic heterocycles. The van der Waals surface area contributed by atoms with Gasteiger partial charge in [0, 0.05) is 24.9 Å². The van der Waals surface area contributed by atoms with E-state index in [-0.39, 0.29) is 19.0 Å². The van der Waals surface area contributed by atoms with Crippen LogP contribution in [0.2, 0.25) is 0 Å². The normalized spacial score (nSPS) is 10.4. The van der Waals surface area contributed by atoms with E-state index in [9.17, 15) is 9.59 Å². The van der Waals surface area contributed by atoms with Crippen molar-refractivity contribution in [2.24, 2.45) is 0 Å². The Balaban J connectivity index is 1.72. The second-order valence-electron chi connectivity index (χ2n) is 4.33. The molecule has 0 bridgehead atoms. The van der Waals surface area contributed by atoms with Gasteiger partial charge in [0.05, 0.1) is 6.42 Å². The lowest BCUT2D eigenvalue weighted by molar-refractivity contribution is -0.136. The zero-order chi connectivity index (χ0) is 14.4. The van der Waals surface area contributed by atoms with Gasteiger partial charge in [0.2, 0.25) is 0 Å². The van der Waals surface area contributed by atoms with E-state index in [1.165, 1.54) is 0 Å². The summed E-state index contributed by atoms with van der Waals surface area (Å²) in [5.74, 6) is -0.135. The predicted octanol–water partition coefficient (Wildman–Crippen LogP) is 1.75. The van der Waals surface area contributed by atoms with Gasteiger partial charge in [-0.1, -0.05) is 18.2 Å². The van der Waals surface area contributed by atoms with Crippen molar-refractivity contribution in [2.45, 2.75) is 12.8 Å². The van der Waals surface area contributed by atoms with Crippen LogP contribution in [0.15, 0.2) is 34.7 Å². The van der Waals surface area contributed by atoms with Gasteiger partial charge in [-0.05, 0) is 12.1 Å². The zero-order valence-corrected chi connectivity index (χ0v) is 10.9. The Labute approximate surface area is 115 Å². The quantitative estimate of drug-likeness (QED) is 0.749.